The number of benzene rings is 1. The van der Waals surface area contributed by atoms with Gasteiger partial charge in [-0.2, -0.15) is 5.26 Å². The molecule has 6 nitrogen and oxygen atoms in total. The highest BCUT2D eigenvalue weighted by Gasteiger charge is 2.19. The van der Waals surface area contributed by atoms with Crippen molar-refractivity contribution in [3.05, 3.63) is 28.8 Å². The Hall–Kier alpha value is -1.75. The maximum absolute atomic E-state index is 12.4. The van der Waals surface area contributed by atoms with Gasteiger partial charge < -0.3 is 9.64 Å². The highest BCUT2D eigenvalue weighted by atomic mass is 35.5. The van der Waals surface area contributed by atoms with Gasteiger partial charge in [0.1, 0.15) is 0 Å². The Balaban J connectivity index is 2.26. The molecule has 0 bridgehead atoms. The van der Waals surface area contributed by atoms with E-state index in [0.29, 0.717) is 47.7 Å². The van der Waals surface area contributed by atoms with E-state index < -0.39 is 0 Å². The topological polar surface area (TPSA) is 77.7 Å². The van der Waals surface area contributed by atoms with Crippen LogP contribution in [0.25, 0.3) is 0 Å². The Labute approximate surface area is 138 Å². The lowest BCUT2D eigenvalue weighted by Crippen LogP contribution is -2.40. The number of carbonyl (C=O) groups excluding carboxylic acids is 1. The highest BCUT2D eigenvalue weighted by molar-refractivity contribution is 8.13. The zero-order chi connectivity index (χ0) is 15.9. The van der Waals surface area contributed by atoms with Crippen molar-refractivity contribution >= 4 is 40.1 Å². The maximum Gasteiger partial charge on any atom is 0.254 e. The van der Waals surface area contributed by atoms with Gasteiger partial charge in [-0.05, 0) is 24.5 Å². The molecule has 0 radical (unpaired) electrons. The standard InChI is InChI=1S/C14H15ClN4O2S/c1-22-14(17-9-16)18-12-8-10(2-3-11(12)15)13(20)19-4-6-21-7-5-19/h2-3,8H,4-7H2,1H3,(H,17,18). The van der Waals surface area contributed by atoms with Crippen molar-refractivity contribution in [2.75, 3.05) is 32.6 Å². The minimum Gasteiger partial charge on any atom is -0.378 e. The maximum atomic E-state index is 12.4. The van der Waals surface area contributed by atoms with Crippen molar-refractivity contribution in [2.45, 2.75) is 0 Å². The van der Waals surface area contributed by atoms with Gasteiger partial charge in [-0.25, -0.2) is 4.99 Å². The van der Waals surface area contributed by atoms with E-state index in [2.05, 4.69) is 10.3 Å². The lowest BCUT2D eigenvalue weighted by atomic mass is 10.1. The van der Waals surface area contributed by atoms with Crippen molar-refractivity contribution in [3.8, 4) is 6.19 Å². The van der Waals surface area contributed by atoms with Crippen LogP contribution in [0.15, 0.2) is 23.2 Å². The second-order valence-corrected chi connectivity index (χ2v) is 5.63. The molecule has 1 aliphatic heterocycles. The molecule has 1 aromatic rings. The first-order valence-electron chi connectivity index (χ1n) is 6.60. The van der Waals surface area contributed by atoms with E-state index in [-0.39, 0.29) is 5.91 Å². The van der Waals surface area contributed by atoms with Crippen LogP contribution < -0.4 is 5.32 Å². The summed E-state index contributed by atoms with van der Waals surface area (Å²) in [7, 11) is 0. The van der Waals surface area contributed by atoms with Crippen LogP contribution in [0.1, 0.15) is 10.4 Å². The zero-order valence-electron chi connectivity index (χ0n) is 12.0. The summed E-state index contributed by atoms with van der Waals surface area (Å²) in [6.07, 6.45) is 3.61. The number of amides is 1. The van der Waals surface area contributed by atoms with Crippen molar-refractivity contribution in [1.29, 1.82) is 5.26 Å². The van der Waals surface area contributed by atoms with Gasteiger partial charge in [-0.3, -0.25) is 10.1 Å². The van der Waals surface area contributed by atoms with Gasteiger partial charge in [0.25, 0.3) is 5.91 Å². The van der Waals surface area contributed by atoms with Crippen molar-refractivity contribution in [2.24, 2.45) is 4.99 Å². The first kappa shape index (κ1) is 16.6. The van der Waals surface area contributed by atoms with Gasteiger partial charge in [0.2, 0.25) is 0 Å². The van der Waals surface area contributed by atoms with Crippen LogP contribution in [0, 0.1) is 11.5 Å². The number of halogens is 1. The van der Waals surface area contributed by atoms with Gasteiger partial charge in [-0.15, -0.1) is 0 Å². The Kier molecular flexibility index (Phi) is 6.07. The SMILES string of the molecule is CSC(=Nc1cc(C(=O)N2CCOCC2)ccc1Cl)NC#N. The van der Waals surface area contributed by atoms with Crippen LogP contribution in [0.4, 0.5) is 5.69 Å². The summed E-state index contributed by atoms with van der Waals surface area (Å²) in [5.74, 6) is -0.0737. The van der Waals surface area contributed by atoms with Crippen LogP contribution >= 0.6 is 23.4 Å². The number of ether oxygens (including phenoxy) is 1. The summed E-state index contributed by atoms with van der Waals surface area (Å²) < 4.78 is 5.24. The first-order chi connectivity index (χ1) is 10.7. The third-order valence-electron chi connectivity index (χ3n) is 3.07. The Morgan fingerprint density at radius 3 is 2.86 bits per heavy atom. The van der Waals surface area contributed by atoms with Gasteiger partial charge in [0, 0.05) is 18.7 Å². The average molecular weight is 339 g/mol. The lowest BCUT2D eigenvalue weighted by Gasteiger charge is -2.27. The molecule has 0 aliphatic carbocycles. The number of thioether (sulfide) groups is 1. The molecule has 1 N–H and O–H groups in total. The first-order valence-corrected chi connectivity index (χ1v) is 8.20. The molecule has 1 aromatic carbocycles. The molecular formula is C14H15ClN4O2S. The molecule has 116 valence electrons. The lowest BCUT2D eigenvalue weighted by molar-refractivity contribution is 0.0303. The summed E-state index contributed by atoms with van der Waals surface area (Å²) >= 11 is 7.40. The van der Waals surface area contributed by atoms with Gasteiger partial charge in [0.15, 0.2) is 11.4 Å². The molecule has 0 unspecified atom stereocenters. The molecule has 2 rings (SSSR count). The number of nitriles is 1. The number of nitrogens with one attached hydrogen (secondary N) is 1. The van der Waals surface area contributed by atoms with E-state index in [0.717, 1.165) is 0 Å². The molecular weight excluding hydrogens is 324 g/mol. The number of rotatable bonds is 2. The van der Waals surface area contributed by atoms with E-state index in [1.165, 1.54) is 11.8 Å². The van der Waals surface area contributed by atoms with Crippen LogP contribution in [0.5, 0.6) is 0 Å². The summed E-state index contributed by atoms with van der Waals surface area (Å²) in [6.45, 7) is 2.25. The normalized spacial score (nSPS) is 15.3. The molecule has 1 heterocycles. The van der Waals surface area contributed by atoms with Crippen LogP contribution in [-0.4, -0.2) is 48.5 Å². The molecule has 0 spiro atoms. The molecule has 8 heteroatoms. The molecule has 0 atom stereocenters. The van der Waals surface area contributed by atoms with Gasteiger partial charge in [0.05, 0.1) is 23.9 Å². The number of hydrogen-bond acceptors (Lipinski definition) is 5. The Morgan fingerprint density at radius 2 is 2.23 bits per heavy atom. The average Bonchev–Trinajstić information content (AvgIpc) is 2.56. The van der Waals surface area contributed by atoms with E-state index in [4.69, 9.17) is 21.6 Å². The van der Waals surface area contributed by atoms with E-state index in [1.807, 2.05) is 6.19 Å². The summed E-state index contributed by atoms with van der Waals surface area (Å²) in [4.78, 5) is 18.5. The van der Waals surface area contributed by atoms with Crippen LogP contribution in [-0.2, 0) is 4.74 Å². The second-order valence-electron chi connectivity index (χ2n) is 4.43. The fourth-order valence-electron chi connectivity index (χ4n) is 1.96. The summed E-state index contributed by atoms with van der Waals surface area (Å²) in [5, 5.41) is 12.0. The molecule has 1 saturated heterocycles. The molecule has 1 fully saturated rings. The summed E-state index contributed by atoms with van der Waals surface area (Å²) in [6, 6.07) is 4.95. The molecule has 0 saturated carbocycles. The van der Waals surface area contributed by atoms with Crippen LogP contribution in [0.2, 0.25) is 5.02 Å². The number of amidine groups is 1. The Morgan fingerprint density at radius 1 is 1.50 bits per heavy atom. The van der Waals surface area contributed by atoms with Crippen LogP contribution in [0.3, 0.4) is 0 Å². The predicted octanol–water partition coefficient (Wildman–Crippen LogP) is 2.23. The Bertz CT molecular complexity index is 624. The number of nitrogens with zero attached hydrogens (tertiary/aromatic N) is 3. The van der Waals surface area contributed by atoms with Crippen molar-refractivity contribution in [3.63, 3.8) is 0 Å². The van der Waals surface area contributed by atoms with E-state index >= 15 is 0 Å². The zero-order valence-corrected chi connectivity index (χ0v) is 13.6. The minimum absolute atomic E-state index is 0.0737. The number of aliphatic imine (C=N–C) groups is 1. The number of morpholine rings is 1. The van der Waals surface area contributed by atoms with E-state index in [9.17, 15) is 4.79 Å². The predicted molar refractivity (Wildman–Crippen MR) is 87.5 cm³/mol. The minimum atomic E-state index is -0.0737. The quantitative estimate of drug-likeness (QED) is 0.387. The molecule has 1 aliphatic rings. The molecule has 22 heavy (non-hydrogen) atoms. The largest absolute Gasteiger partial charge is 0.378 e. The molecule has 0 aromatic heterocycles. The monoisotopic (exact) mass is 338 g/mol. The third kappa shape index (κ3) is 4.13. The fraction of sp³-hybridized carbons (Fsp3) is 0.357. The van der Waals surface area contributed by atoms with Crippen molar-refractivity contribution < 1.29 is 9.53 Å². The van der Waals surface area contributed by atoms with E-state index in [1.54, 1.807) is 29.4 Å². The third-order valence-corrected chi connectivity index (χ3v) is 3.97. The fourth-order valence-corrected chi connectivity index (χ4v) is 2.46. The second kappa shape index (κ2) is 8.03. The number of carbonyl (C=O) groups is 1. The van der Waals surface area contributed by atoms with Gasteiger partial charge >= 0.3 is 0 Å². The smallest absolute Gasteiger partial charge is 0.254 e. The summed E-state index contributed by atoms with van der Waals surface area (Å²) in [5.41, 5.74) is 0.968. The van der Waals surface area contributed by atoms with Gasteiger partial charge in [-0.1, -0.05) is 23.4 Å². The molecule has 1 amide bonds. The number of hydrogen-bond donors (Lipinski definition) is 1. The highest BCUT2D eigenvalue weighted by Crippen LogP contribution is 2.27. The van der Waals surface area contributed by atoms with Crippen molar-refractivity contribution in [1.82, 2.24) is 10.2 Å².